The van der Waals surface area contributed by atoms with E-state index in [1.807, 2.05) is 31.2 Å². The van der Waals surface area contributed by atoms with E-state index in [0.29, 0.717) is 50.9 Å². The van der Waals surface area contributed by atoms with Crippen LogP contribution < -0.4 is 0 Å². The van der Waals surface area contributed by atoms with Crippen molar-refractivity contribution in [2.75, 3.05) is 0 Å². The van der Waals surface area contributed by atoms with Crippen LogP contribution in [0.1, 0.15) is 80.1 Å². The molecular formula is C55H28F12. The van der Waals surface area contributed by atoms with E-state index in [9.17, 15) is 52.7 Å². The van der Waals surface area contributed by atoms with Crippen molar-refractivity contribution < 1.29 is 52.7 Å². The second-order valence-corrected chi connectivity index (χ2v) is 16.3. The molecule has 0 aliphatic heterocycles. The van der Waals surface area contributed by atoms with Gasteiger partial charge in [0.05, 0.1) is 22.3 Å². The summed E-state index contributed by atoms with van der Waals surface area (Å²) in [6, 6.07) is 25.6. The number of alkyl halides is 12. The van der Waals surface area contributed by atoms with Crippen molar-refractivity contribution in [3.8, 4) is 57.8 Å². The molecule has 9 rings (SSSR count). The molecule has 0 bridgehead atoms. The van der Waals surface area contributed by atoms with Crippen molar-refractivity contribution in [3.63, 3.8) is 0 Å². The number of hydrogen-bond donors (Lipinski definition) is 0. The molecule has 0 radical (unpaired) electrons. The third kappa shape index (κ3) is 8.78. The van der Waals surface area contributed by atoms with Gasteiger partial charge < -0.3 is 0 Å². The van der Waals surface area contributed by atoms with Crippen LogP contribution in [0.5, 0.6) is 0 Å². The Morgan fingerprint density at radius 1 is 0.418 bits per heavy atom. The lowest BCUT2D eigenvalue weighted by atomic mass is 9.54. The van der Waals surface area contributed by atoms with E-state index in [0.717, 1.165) is 87.5 Å². The minimum absolute atomic E-state index is 0.308. The molecule has 0 amide bonds. The molecule has 0 N–H and O–H groups in total. The number of halogens is 12. The van der Waals surface area contributed by atoms with E-state index >= 15 is 0 Å². The van der Waals surface area contributed by atoms with Crippen molar-refractivity contribution >= 4 is 11.6 Å². The second-order valence-electron chi connectivity index (χ2n) is 16.3. The second kappa shape index (κ2) is 16.1. The average molecular weight is 917 g/mol. The maximum Gasteiger partial charge on any atom is 0.416 e. The average Bonchev–Trinajstić information content (AvgIpc) is 3.27. The summed E-state index contributed by atoms with van der Waals surface area (Å²) in [6.07, 6.45) is -12.4. The van der Waals surface area contributed by atoms with Gasteiger partial charge >= 0.3 is 24.7 Å². The maximum atomic E-state index is 13.3. The first kappa shape index (κ1) is 44.6. The lowest BCUT2D eigenvalue weighted by molar-refractivity contribution is -0.138. The summed E-state index contributed by atoms with van der Waals surface area (Å²) < 4.78 is 159. The molecule has 0 spiro atoms. The molecule has 3 aliphatic rings. The van der Waals surface area contributed by atoms with Crippen molar-refractivity contribution in [2.45, 2.75) is 43.5 Å². The van der Waals surface area contributed by atoms with Crippen molar-refractivity contribution in [3.05, 3.63) is 211 Å². The molecule has 0 saturated heterocycles. The zero-order valence-corrected chi connectivity index (χ0v) is 34.5. The fourth-order valence-corrected chi connectivity index (χ4v) is 8.31. The highest BCUT2D eigenvalue weighted by atomic mass is 19.4. The molecule has 6 aromatic carbocycles. The first-order valence-corrected chi connectivity index (χ1v) is 20.3. The van der Waals surface area contributed by atoms with Gasteiger partial charge in [0.25, 0.3) is 0 Å². The fraction of sp³-hybridized carbons (Fsp3) is 0.127. The van der Waals surface area contributed by atoms with E-state index in [4.69, 9.17) is 0 Å². The summed E-state index contributed by atoms with van der Waals surface area (Å²) in [7, 11) is 0. The standard InChI is InChI=1S/C55H28F12/c1-51-31-39(17-5-35-12-24-43(25-13-35)55(65,66)67)38(16-4-34-10-22-42(23-11-34)54(62,63)64)28-49(51)48-29-46-44-26-36(14-2-32-6-18-40(19-7-32)52(56,57)58)37(27-45(44)47(46)30-50(48)51)15-3-33-8-20-41(21-9-33)53(59,60)61/h4,6-13,16,18-30H,31H2,1H3. The summed E-state index contributed by atoms with van der Waals surface area (Å²) in [5, 5.41) is 0. The van der Waals surface area contributed by atoms with Crippen molar-refractivity contribution in [1.29, 1.82) is 0 Å². The maximum absolute atomic E-state index is 13.3. The lowest BCUT2D eigenvalue weighted by Crippen LogP contribution is -2.37. The largest absolute Gasteiger partial charge is 0.416 e. The molecule has 67 heavy (non-hydrogen) atoms. The Labute approximate surface area is 376 Å². The third-order valence-electron chi connectivity index (χ3n) is 11.9. The SMILES string of the molecule is CC12CC(C#Cc3ccc(C(F)(F)F)cc3)=C(C=Cc3ccc(C(F)(F)F)cc3)C=C1c1cc3c(cc12)-c1cc(C#Cc2ccc(C(F)(F)F)cc2)c(C#Cc2ccc(C(F)(F)F)cc2)cc1-3. The monoisotopic (exact) mass is 916 g/mol. The molecule has 0 heterocycles. The van der Waals surface area contributed by atoms with Crippen LogP contribution in [0, 0.1) is 35.5 Å². The molecule has 0 fully saturated rings. The summed E-state index contributed by atoms with van der Waals surface area (Å²) >= 11 is 0. The third-order valence-corrected chi connectivity index (χ3v) is 11.9. The molecule has 6 aromatic rings. The summed E-state index contributed by atoms with van der Waals surface area (Å²) in [5.41, 5.74) is 6.11. The Kier molecular flexibility index (Phi) is 10.7. The topological polar surface area (TPSA) is 0 Å². The summed E-state index contributed by atoms with van der Waals surface area (Å²) in [5.74, 6) is 18.0. The van der Waals surface area contributed by atoms with Crippen LogP contribution in [-0.2, 0) is 30.1 Å². The minimum Gasteiger partial charge on any atom is -0.166 e. The summed E-state index contributed by atoms with van der Waals surface area (Å²) in [4.78, 5) is 0. The van der Waals surface area contributed by atoms with Crippen molar-refractivity contribution in [2.24, 2.45) is 0 Å². The molecule has 0 saturated carbocycles. The zero-order valence-electron chi connectivity index (χ0n) is 34.5. The first-order chi connectivity index (χ1) is 31.5. The van der Waals surface area contributed by atoms with E-state index < -0.39 is 52.4 Å². The van der Waals surface area contributed by atoms with Gasteiger partial charge in [-0.2, -0.15) is 52.7 Å². The summed E-state index contributed by atoms with van der Waals surface area (Å²) in [6.45, 7) is 2.05. The Bertz CT molecular complexity index is 3280. The number of fused-ring (bicyclic) bond motifs is 8. The number of benzene rings is 6. The predicted molar refractivity (Wildman–Crippen MR) is 231 cm³/mol. The number of allylic oxidation sites excluding steroid dienone is 5. The number of rotatable bonds is 2. The molecule has 12 heteroatoms. The van der Waals surface area contributed by atoms with Crippen LogP contribution in [-0.4, -0.2) is 0 Å². The van der Waals surface area contributed by atoms with E-state index in [2.05, 4.69) is 41.6 Å². The van der Waals surface area contributed by atoms with Gasteiger partial charge in [0.2, 0.25) is 0 Å². The van der Waals surface area contributed by atoms with Gasteiger partial charge in [-0.1, -0.05) is 66.7 Å². The van der Waals surface area contributed by atoms with E-state index in [-0.39, 0.29) is 0 Å². The molecule has 3 aliphatic carbocycles. The Morgan fingerprint density at radius 3 is 1.21 bits per heavy atom. The van der Waals surface area contributed by atoms with Crippen LogP contribution >= 0.6 is 0 Å². The quantitative estimate of drug-likeness (QED) is 0.120. The van der Waals surface area contributed by atoms with Crippen LogP contribution in [0.4, 0.5) is 52.7 Å². The molecule has 1 atom stereocenters. The number of hydrogen-bond acceptors (Lipinski definition) is 0. The van der Waals surface area contributed by atoms with E-state index in [1.54, 1.807) is 12.2 Å². The van der Waals surface area contributed by atoms with Gasteiger partial charge in [0, 0.05) is 38.8 Å². The normalized spacial score (nSPS) is 16.0. The van der Waals surface area contributed by atoms with Crippen LogP contribution in [0.3, 0.4) is 0 Å². The molecule has 1 unspecified atom stereocenters. The van der Waals surface area contributed by atoms with Crippen LogP contribution in [0.2, 0.25) is 0 Å². The van der Waals surface area contributed by atoms with Crippen molar-refractivity contribution in [1.82, 2.24) is 0 Å². The fourth-order valence-electron chi connectivity index (χ4n) is 8.31. The molecule has 0 aromatic heterocycles. The molecule has 0 nitrogen and oxygen atoms in total. The van der Waals surface area contributed by atoms with Gasteiger partial charge in [0.15, 0.2) is 0 Å². The van der Waals surface area contributed by atoms with E-state index in [1.165, 1.54) is 48.5 Å². The van der Waals surface area contributed by atoms with Crippen LogP contribution in [0.25, 0.3) is 33.9 Å². The van der Waals surface area contributed by atoms with Crippen LogP contribution in [0.15, 0.2) is 145 Å². The van der Waals surface area contributed by atoms with Gasteiger partial charge in [-0.25, -0.2) is 0 Å². The Balaban J connectivity index is 1.10. The highest BCUT2D eigenvalue weighted by Gasteiger charge is 2.47. The minimum atomic E-state index is -4.53. The smallest absolute Gasteiger partial charge is 0.166 e. The van der Waals surface area contributed by atoms with Gasteiger partial charge in [-0.05, 0) is 172 Å². The lowest BCUT2D eigenvalue weighted by Gasteiger charge is -2.48. The van der Waals surface area contributed by atoms with Gasteiger partial charge in [-0.15, -0.1) is 0 Å². The van der Waals surface area contributed by atoms with Gasteiger partial charge in [-0.3, -0.25) is 0 Å². The first-order valence-electron chi connectivity index (χ1n) is 20.3. The zero-order chi connectivity index (χ0) is 47.7. The predicted octanol–water partition coefficient (Wildman–Crippen LogP) is 15.3. The molecule has 332 valence electrons. The molecular weight excluding hydrogens is 889 g/mol. The Hall–Kier alpha value is -7.62. The Morgan fingerprint density at radius 2 is 0.791 bits per heavy atom. The van der Waals surface area contributed by atoms with Gasteiger partial charge in [0.1, 0.15) is 0 Å². The highest BCUT2D eigenvalue weighted by Crippen LogP contribution is 2.61. The highest BCUT2D eigenvalue weighted by molar-refractivity contribution is 6.07.